The van der Waals surface area contributed by atoms with E-state index in [0.717, 1.165) is 7.11 Å². The van der Waals surface area contributed by atoms with Gasteiger partial charge in [0, 0.05) is 13.7 Å². The second kappa shape index (κ2) is 23.1. The van der Waals surface area contributed by atoms with E-state index >= 15 is 0 Å². The Morgan fingerprint density at radius 1 is 0.424 bits per heavy atom. The van der Waals surface area contributed by atoms with Gasteiger partial charge in [0.25, 0.3) is 0 Å². The van der Waals surface area contributed by atoms with Crippen LogP contribution in [0.5, 0.6) is 0 Å². The molecule has 26 nitrogen and oxygen atoms in total. The molecule has 4 saturated heterocycles. The van der Waals surface area contributed by atoms with Crippen LogP contribution >= 0.6 is 0 Å². The van der Waals surface area contributed by atoms with E-state index in [0.29, 0.717) is 0 Å². The summed E-state index contributed by atoms with van der Waals surface area (Å²) in [6, 6.07) is 0. The Kier molecular flexibility index (Phi) is 19.8. The number of aliphatic hydroxyl groups is 16. The minimum Gasteiger partial charge on any atom is -0.394 e. The zero-order chi connectivity index (χ0) is 43.9. The first-order valence-electron chi connectivity index (χ1n) is 18.9. The summed E-state index contributed by atoms with van der Waals surface area (Å²) < 4.78 is 54.4. The molecule has 0 aliphatic carbocycles. The molecule has 0 amide bonds. The van der Waals surface area contributed by atoms with Crippen molar-refractivity contribution in [3.8, 4) is 0 Å². The predicted molar refractivity (Wildman–Crippen MR) is 183 cm³/mol. The van der Waals surface area contributed by atoms with Gasteiger partial charge in [-0.2, -0.15) is 0 Å². The maximum atomic E-state index is 11.1. The van der Waals surface area contributed by atoms with Gasteiger partial charge in [-0.3, -0.25) is 0 Å². The van der Waals surface area contributed by atoms with Crippen LogP contribution in [0.4, 0.5) is 0 Å². The Morgan fingerprint density at radius 3 is 1.05 bits per heavy atom. The minimum absolute atomic E-state index is 0.0509. The van der Waals surface area contributed by atoms with Crippen LogP contribution in [-0.2, 0) is 47.4 Å². The number of rotatable bonds is 20. The summed E-state index contributed by atoms with van der Waals surface area (Å²) in [7, 11) is 1.15. The lowest BCUT2D eigenvalue weighted by molar-refractivity contribution is -0.334. The highest BCUT2D eigenvalue weighted by Crippen LogP contribution is 2.29. The fourth-order valence-electron chi connectivity index (χ4n) is 6.88. The van der Waals surface area contributed by atoms with Crippen molar-refractivity contribution in [1.82, 2.24) is 0 Å². The molecule has 26 heteroatoms. The first-order valence-corrected chi connectivity index (χ1v) is 18.9. The molecular formula is C33H60O26. The highest BCUT2D eigenvalue weighted by atomic mass is 16.7. The van der Waals surface area contributed by atoms with Gasteiger partial charge in [-0.05, 0) is 6.92 Å². The molecule has 0 radical (unpaired) electrons. The van der Waals surface area contributed by atoms with Crippen LogP contribution in [0.25, 0.3) is 0 Å². The van der Waals surface area contributed by atoms with Gasteiger partial charge in [-0.15, -0.1) is 0 Å². The molecule has 4 rings (SSSR count). The smallest absolute Gasteiger partial charge is 0.186 e. The van der Waals surface area contributed by atoms with Crippen molar-refractivity contribution in [3.05, 3.63) is 0 Å². The molecular weight excluding hydrogens is 812 g/mol. The highest BCUT2D eigenvalue weighted by Gasteiger charge is 2.50. The van der Waals surface area contributed by atoms with Gasteiger partial charge in [0.1, 0.15) is 122 Å². The van der Waals surface area contributed by atoms with E-state index in [1.54, 1.807) is 6.92 Å². The molecule has 0 spiro atoms. The Hall–Kier alpha value is -1.04. The van der Waals surface area contributed by atoms with Gasteiger partial charge in [-0.1, -0.05) is 0 Å². The summed E-state index contributed by atoms with van der Waals surface area (Å²) in [5, 5.41) is 165. The van der Waals surface area contributed by atoms with Crippen LogP contribution < -0.4 is 0 Å². The average Bonchev–Trinajstić information content (AvgIpc) is 3.22. The predicted octanol–water partition coefficient (Wildman–Crippen LogP) is -10.6. The molecule has 24 atom stereocenters. The number of aliphatic hydroxyl groups excluding tert-OH is 16. The third kappa shape index (κ3) is 12.0. The molecule has 16 N–H and O–H groups in total. The lowest BCUT2D eigenvalue weighted by Gasteiger charge is -2.43. The molecule has 0 bridgehead atoms. The molecule has 59 heavy (non-hydrogen) atoms. The summed E-state index contributed by atoms with van der Waals surface area (Å²) in [6.07, 6.45) is -40.0. The fraction of sp³-hybridized carbons (Fsp3) is 1.00. The molecule has 0 aromatic heterocycles. The number of hydrogen-bond acceptors (Lipinski definition) is 26. The van der Waals surface area contributed by atoms with Gasteiger partial charge in [0.05, 0.1) is 39.6 Å². The molecule has 0 saturated carbocycles. The standard InChI is InChI=1S/C33H60O26/c1-3-51-29(11(37)7-53-31-27(49)23(45)19(41)15(59-31)9-55-33-25(47)21(43)17(39)13(5-35)57-33)28(50-2)10(36)6-52-30-26(48)22(44)18(40)14(58-30)8-54-32-24(46)20(42)16(38)12(4-34)56-32/h10-49H,3-9H2,1-2H3/t10-,11-,12-,13-,14-,15-,16-,17-,18-,19-,20+,21+,22+,23+,24-,25-,26-,27-,28-,29-,30-,31-,32-,33-/m1/s1. The Labute approximate surface area is 336 Å². The van der Waals surface area contributed by atoms with E-state index in [2.05, 4.69) is 0 Å². The van der Waals surface area contributed by atoms with Crippen molar-refractivity contribution in [2.75, 3.05) is 53.4 Å². The monoisotopic (exact) mass is 872 g/mol. The van der Waals surface area contributed by atoms with E-state index in [4.69, 9.17) is 47.4 Å². The van der Waals surface area contributed by atoms with Gasteiger partial charge < -0.3 is 129 Å². The molecule has 4 fully saturated rings. The van der Waals surface area contributed by atoms with Crippen molar-refractivity contribution in [2.45, 2.75) is 154 Å². The molecule has 0 aromatic rings. The third-order valence-corrected chi connectivity index (χ3v) is 10.5. The van der Waals surface area contributed by atoms with Crippen LogP contribution in [0.3, 0.4) is 0 Å². The summed E-state index contributed by atoms with van der Waals surface area (Å²) >= 11 is 0. The van der Waals surface area contributed by atoms with Gasteiger partial charge >= 0.3 is 0 Å². The van der Waals surface area contributed by atoms with Crippen LogP contribution in [0, 0.1) is 0 Å². The summed E-state index contributed by atoms with van der Waals surface area (Å²) in [6.45, 7) is -2.70. The molecule has 4 heterocycles. The lowest BCUT2D eigenvalue weighted by Crippen LogP contribution is -2.62. The second-order valence-corrected chi connectivity index (χ2v) is 14.5. The average molecular weight is 873 g/mol. The normalized spacial score (nSPS) is 45.5. The Bertz CT molecular complexity index is 1210. The topological polar surface area (TPSA) is 416 Å². The summed E-state index contributed by atoms with van der Waals surface area (Å²) in [4.78, 5) is 0. The van der Waals surface area contributed by atoms with Gasteiger partial charge in [0.2, 0.25) is 0 Å². The van der Waals surface area contributed by atoms with E-state index in [9.17, 15) is 81.7 Å². The largest absolute Gasteiger partial charge is 0.394 e. The van der Waals surface area contributed by atoms with E-state index in [1.165, 1.54) is 0 Å². The second-order valence-electron chi connectivity index (χ2n) is 14.5. The molecule has 348 valence electrons. The minimum atomic E-state index is -1.89. The van der Waals surface area contributed by atoms with Crippen molar-refractivity contribution in [2.24, 2.45) is 0 Å². The van der Waals surface area contributed by atoms with Gasteiger partial charge in [0.15, 0.2) is 25.2 Å². The van der Waals surface area contributed by atoms with Crippen LogP contribution in [0.15, 0.2) is 0 Å². The maximum absolute atomic E-state index is 11.1. The quantitative estimate of drug-likeness (QED) is 0.0540. The van der Waals surface area contributed by atoms with Crippen LogP contribution in [0.1, 0.15) is 6.92 Å². The number of hydrogen-bond donors (Lipinski definition) is 16. The van der Waals surface area contributed by atoms with E-state index < -0.39 is 187 Å². The van der Waals surface area contributed by atoms with E-state index in [-0.39, 0.29) is 6.61 Å². The zero-order valence-electron chi connectivity index (χ0n) is 32.0. The van der Waals surface area contributed by atoms with Gasteiger partial charge in [-0.25, -0.2) is 0 Å². The first-order chi connectivity index (χ1) is 27.9. The van der Waals surface area contributed by atoms with Crippen molar-refractivity contribution < 1.29 is 129 Å². The maximum Gasteiger partial charge on any atom is 0.186 e. The third-order valence-electron chi connectivity index (χ3n) is 10.5. The number of methoxy groups -OCH3 is 1. The Morgan fingerprint density at radius 2 is 0.729 bits per heavy atom. The molecule has 4 aliphatic heterocycles. The lowest BCUT2D eigenvalue weighted by atomic mass is 9.98. The molecule has 4 aliphatic rings. The van der Waals surface area contributed by atoms with Crippen LogP contribution in [0.2, 0.25) is 0 Å². The molecule has 0 aromatic carbocycles. The van der Waals surface area contributed by atoms with Crippen molar-refractivity contribution >= 4 is 0 Å². The van der Waals surface area contributed by atoms with Crippen molar-refractivity contribution in [3.63, 3.8) is 0 Å². The highest BCUT2D eigenvalue weighted by molar-refractivity contribution is 4.94. The summed E-state index contributed by atoms with van der Waals surface area (Å²) in [5.74, 6) is 0. The summed E-state index contributed by atoms with van der Waals surface area (Å²) in [5.41, 5.74) is 0. The fourth-order valence-corrected chi connectivity index (χ4v) is 6.88. The SMILES string of the molecule is CCO[C@@H]([C@H](OC)[C@H](O)CO[C@@H]1O[C@H](CO[C@@H]2O[C@H](CO)[C@@H](O)[C@H](O)[C@H]2O)[C@@H](O)[C@H](O)[C@H]1O)[C@H](O)CO[C@@H]1O[C@H](CO[C@@H]2O[C@H](CO)[C@@H](O)[C@H](O)[C@H]2O)[C@@H](O)[C@H](O)[C@H]1O. The molecule has 0 unspecified atom stereocenters. The van der Waals surface area contributed by atoms with E-state index in [1.807, 2.05) is 0 Å². The van der Waals surface area contributed by atoms with Crippen LogP contribution in [-0.4, -0.2) is 282 Å². The van der Waals surface area contributed by atoms with Crippen molar-refractivity contribution in [1.29, 1.82) is 0 Å². The zero-order valence-corrected chi connectivity index (χ0v) is 32.0. The number of ether oxygens (including phenoxy) is 10. The first kappa shape index (κ1) is 50.6. The Balaban J connectivity index is 1.32.